The van der Waals surface area contributed by atoms with E-state index in [0.717, 1.165) is 49.5 Å². The molecular formula is C29H35N9O. The maximum absolute atomic E-state index is 12.1. The third-order valence-electron chi connectivity index (χ3n) is 6.92. The lowest BCUT2D eigenvalue weighted by Gasteiger charge is -2.32. The third-order valence-corrected chi connectivity index (χ3v) is 6.92. The lowest BCUT2D eigenvalue weighted by molar-refractivity contribution is 0.0996. The molecule has 1 aliphatic heterocycles. The highest BCUT2D eigenvalue weighted by Gasteiger charge is 2.18. The number of benzene rings is 2. The van der Waals surface area contributed by atoms with Gasteiger partial charge in [-0.15, -0.1) is 0 Å². The highest BCUT2D eigenvalue weighted by molar-refractivity contribution is 5.96. The first kappa shape index (κ1) is 26.3. The maximum atomic E-state index is 12.1. The Morgan fingerprint density at radius 3 is 2.33 bits per heavy atom. The molecule has 1 fully saturated rings. The van der Waals surface area contributed by atoms with Gasteiger partial charge in [0, 0.05) is 51.7 Å². The quantitative estimate of drug-likeness (QED) is 0.302. The number of aromatic nitrogens is 4. The lowest BCUT2D eigenvalue weighted by Crippen LogP contribution is -2.43. The average molecular weight is 526 g/mol. The fourth-order valence-corrected chi connectivity index (χ4v) is 4.68. The minimum absolute atomic E-state index is 0.0895. The fraction of sp³-hybridized carbons (Fsp3) is 0.310. The molecule has 1 amide bonds. The van der Waals surface area contributed by atoms with Gasteiger partial charge < -0.3 is 21.3 Å². The van der Waals surface area contributed by atoms with Crippen molar-refractivity contribution in [3.05, 3.63) is 77.9 Å². The summed E-state index contributed by atoms with van der Waals surface area (Å²) < 4.78 is 1.66. The summed E-state index contributed by atoms with van der Waals surface area (Å²) in [6.45, 7) is 7.39. The van der Waals surface area contributed by atoms with Crippen LogP contribution in [0.25, 0.3) is 11.1 Å². The highest BCUT2D eigenvalue weighted by Crippen LogP contribution is 2.28. The Kier molecular flexibility index (Phi) is 7.85. The summed E-state index contributed by atoms with van der Waals surface area (Å²) in [5.74, 6) is 0.198. The molecule has 0 spiro atoms. The highest BCUT2D eigenvalue weighted by atomic mass is 16.1. The van der Waals surface area contributed by atoms with Crippen molar-refractivity contribution in [2.24, 2.45) is 12.8 Å². The molecule has 4 N–H and O–H groups in total. The number of hydrogen-bond donors (Lipinski definition) is 3. The summed E-state index contributed by atoms with van der Waals surface area (Å²) in [7, 11) is 3.99. The van der Waals surface area contributed by atoms with Gasteiger partial charge >= 0.3 is 0 Å². The molecule has 10 nitrogen and oxygen atoms in total. The molecule has 0 saturated carbocycles. The number of anilines is 4. The molecule has 4 aromatic rings. The van der Waals surface area contributed by atoms with Gasteiger partial charge in [0.25, 0.3) is 5.91 Å². The van der Waals surface area contributed by atoms with Gasteiger partial charge in [-0.25, -0.2) is 9.97 Å². The molecule has 2 aromatic carbocycles. The Morgan fingerprint density at radius 1 is 0.923 bits per heavy atom. The molecule has 10 heteroatoms. The van der Waals surface area contributed by atoms with Crippen molar-refractivity contribution >= 4 is 28.9 Å². The molecule has 202 valence electrons. The lowest BCUT2D eigenvalue weighted by atomic mass is 10.0. The van der Waals surface area contributed by atoms with E-state index in [9.17, 15) is 4.79 Å². The van der Waals surface area contributed by atoms with Crippen LogP contribution >= 0.6 is 0 Å². The van der Waals surface area contributed by atoms with E-state index in [0.29, 0.717) is 23.6 Å². The third kappa shape index (κ3) is 6.42. The van der Waals surface area contributed by atoms with E-state index in [-0.39, 0.29) is 11.5 Å². The van der Waals surface area contributed by atoms with Gasteiger partial charge in [0.1, 0.15) is 0 Å². The average Bonchev–Trinajstić information content (AvgIpc) is 3.35. The molecule has 3 heterocycles. The van der Waals surface area contributed by atoms with E-state index in [4.69, 9.17) is 10.7 Å². The van der Waals surface area contributed by atoms with Crippen molar-refractivity contribution in [2.75, 3.05) is 43.9 Å². The number of carbonyl (C=O) groups is 1. The number of nitrogens with two attached hydrogens (primary N) is 1. The second-order valence-electron chi connectivity index (χ2n) is 9.94. The first-order valence-corrected chi connectivity index (χ1v) is 13.2. The molecule has 1 saturated heterocycles. The Balaban J connectivity index is 1.35. The monoisotopic (exact) mass is 525 g/mol. The number of rotatable bonds is 9. The van der Waals surface area contributed by atoms with Crippen molar-refractivity contribution in [3.8, 4) is 11.1 Å². The van der Waals surface area contributed by atoms with Crippen molar-refractivity contribution < 1.29 is 4.79 Å². The summed E-state index contributed by atoms with van der Waals surface area (Å²) in [6.07, 6.45) is 4.01. The minimum Gasteiger partial charge on any atom is -0.364 e. The molecule has 0 atom stereocenters. The SMILES string of the molecule is CCc1nc(C(N)=O)c(Nc2cnn(C)c2)nc1Nc1cccc(-c2ccc(CN3CCN(C)CC3)cc2)c1. The van der Waals surface area contributed by atoms with Crippen LogP contribution in [0.5, 0.6) is 0 Å². The van der Waals surface area contributed by atoms with E-state index >= 15 is 0 Å². The Hall–Kier alpha value is -4.28. The molecular weight excluding hydrogens is 490 g/mol. The van der Waals surface area contributed by atoms with Gasteiger partial charge in [-0.05, 0) is 42.3 Å². The van der Waals surface area contributed by atoms with Crippen molar-refractivity contribution in [1.29, 1.82) is 0 Å². The summed E-state index contributed by atoms with van der Waals surface area (Å²) in [5.41, 5.74) is 11.5. The molecule has 1 aliphatic rings. The van der Waals surface area contributed by atoms with Crippen molar-refractivity contribution in [2.45, 2.75) is 19.9 Å². The molecule has 0 unspecified atom stereocenters. The second kappa shape index (κ2) is 11.6. The zero-order valence-electron chi connectivity index (χ0n) is 22.7. The van der Waals surface area contributed by atoms with E-state index in [1.54, 1.807) is 17.1 Å². The first-order valence-electron chi connectivity index (χ1n) is 13.2. The summed E-state index contributed by atoms with van der Waals surface area (Å²) in [6, 6.07) is 17.0. The molecule has 0 aliphatic carbocycles. The van der Waals surface area contributed by atoms with Crippen LogP contribution in [0.4, 0.5) is 23.0 Å². The van der Waals surface area contributed by atoms with Crippen LogP contribution in [0.3, 0.4) is 0 Å². The maximum Gasteiger partial charge on any atom is 0.271 e. The van der Waals surface area contributed by atoms with Crippen LogP contribution in [0, 0.1) is 0 Å². The number of piperazine rings is 1. The number of aryl methyl sites for hydroxylation is 2. The molecule has 0 bridgehead atoms. The molecule has 5 rings (SSSR count). The van der Waals surface area contributed by atoms with Crippen LogP contribution in [0.15, 0.2) is 60.9 Å². The summed E-state index contributed by atoms with van der Waals surface area (Å²) in [4.78, 5) is 26.3. The Labute approximate surface area is 228 Å². The standard InChI is InChI=1S/C29H35N9O/c1-4-25-28(35-29(26(34-25)27(30)39)33-24-17-31-37(3)19-24)32-23-7-5-6-22(16-23)21-10-8-20(9-11-21)18-38-14-12-36(2)13-15-38/h5-11,16-17,19H,4,12-15,18H2,1-3H3,(H2,30,39)(H2,32,33,35). The number of amides is 1. The number of nitrogens with one attached hydrogen (secondary N) is 2. The van der Waals surface area contributed by atoms with E-state index < -0.39 is 5.91 Å². The number of primary amides is 1. The normalized spacial score (nSPS) is 14.3. The largest absolute Gasteiger partial charge is 0.364 e. The van der Waals surface area contributed by atoms with Crippen molar-refractivity contribution in [1.82, 2.24) is 29.5 Å². The number of likely N-dealkylation sites (N-methyl/N-ethyl adjacent to an activating group) is 1. The van der Waals surface area contributed by atoms with E-state index in [1.165, 1.54) is 5.56 Å². The first-order chi connectivity index (χ1) is 18.9. The predicted octanol–water partition coefficient (Wildman–Crippen LogP) is 3.77. The molecule has 2 aromatic heterocycles. The van der Waals surface area contributed by atoms with Crippen LogP contribution < -0.4 is 16.4 Å². The Bertz CT molecular complexity index is 1440. The summed E-state index contributed by atoms with van der Waals surface area (Å²) >= 11 is 0. The van der Waals surface area contributed by atoms with E-state index in [1.807, 2.05) is 26.1 Å². The van der Waals surface area contributed by atoms with Gasteiger partial charge in [-0.2, -0.15) is 5.10 Å². The van der Waals surface area contributed by atoms with Crippen LogP contribution in [-0.2, 0) is 20.0 Å². The Morgan fingerprint density at radius 2 is 1.67 bits per heavy atom. The second-order valence-corrected chi connectivity index (χ2v) is 9.94. The van der Waals surface area contributed by atoms with Gasteiger partial charge in [-0.3, -0.25) is 14.4 Å². The van der Waals surface area contributed by atoms with Crippen LogP contribution in [0.2, 0.25) is 0 Å². The van der Waals surface area contributed by atoms with Crippen molar-refractivity contribution in [3.63, 3.8) is 0 Å². The zero-order valence-corrected chi connectivity index (χ0v) is 22.7. The molecule has 0 radical (unpaired) electrons. The van der Waals surface area contributed by atoms with Gasteiger partial charge in [0.15, 0.2) is 17.3 Å². The summed E-state index contributed by atoms with van der Waals surface area (Å²) in [5, 5.41) is 10.7. The predicted molar refractivity (Wildman–Crippen MR) is 154 cm³/mol. The fourth-order valence-electron chi connectivity index (χ4n) is 4.68. The van der Waals surface area contributed by atoms with Crippen LogP contribution in [0.1, 0.15) is 28.7 Å². The topological polar surface area (TPSA) is 117 Å². The zero-order chi connectivity index (χ0) is 27.4. The minimum atomic E-state index is -0.645. The number of carbonyl (C=O) groups excluding carboxylic acids is 1. The van der Waals surface area contributed by atoms with Gasteiger partial charge in [0.2, 0.25) is 0 Å². The number of hydrogen-bond acceptors (Lipinski definition) is 8. The number of nitrogens with zero attached hydrogens (tertiary/aromatic N) is 6. The van der Waals surface area contributed by atoms with Gasteiger partial charge in [0.05, 0.1) is 17.6 Å². The van der Waals surface area contributed by atoms with Crippen LogP contribution in [-0.4, -0.2) is 68.7 Å². The van der Waals surface area contributed by atoms with E-state index in [2.05, 4.69) is 74.0 Å². The smallest absolute Gasteiger partial charge is 0.271 e. The molecule has 39 heavy (non-hydrogen) atoms. The van der Waals surface area contributed by atoms with Gasteiger partial charge in [-0.1, -0.05) is 43.3 Å².